The van der Waals surface area contributed by atoms with Crippen LogP contribution in [-0.2, 0) is 17.8 Å². The highest BCUT2D eigenvalue weighted by Gasteiger charge is 2.10. The van der Waals surface area contributed by atoms with Crippen LogP contribution in [0.5, 0.6) is 5.75 Å². The maximum Gasteiger partial charge on any atom is 0.269 e. The summed E-state index contributed by atoms with van der Waals surface area (Å²) in [6.45, 7) is 0.553. The number of nitrogens with zero attached hydrogens (tertiary/aromatic N) is 4. The summed E-state index contributed by atoms with van der Waals surface area (Å²) in [7, 11) is 1.62. The summed E-state index contributed by atoms with van der Waals surface area (Å²) in [5.74, 6) is 1.03. The van der Waals surface area contributed by atoms with Gasteiger partial charge in [0.15, 0.2) is 5.82 Å². The zero-order chi connectivity index (χ0) is 19.9. The maximum atomic E-state index is 12.1. The van der Waals surface area contributed by atoms with E-state index in [4.69, 9.17) is 4.74 Å². The first-order chi connectivity index (χ1) is 13.5. The third-order valence-electron chi connectivity index (χ3n) is 4.07. The Morgan fingerprint density at radius 2 is 1.89 bits per heavy atom. The lowest BCUT2D eigenvalue weighted by Gasteiger charge is -2.06. The van der Waals surface area contributed by atoms with Crippen molar-refractivity contribution < 1.29 is 14.5 Å². The van der Waals surface area contributed by atoms with Crippen molar-refractivity contribution in [2.45, 2.75) is 13.0 Å². The smallest absolute Gasteiger partial charge is 0.269 e. The van der Waals surface area contributed by atoms with Gasteiger partial charge in [-0.25, -0.2) is 9.67 Å². The molecule has 1 aromatic heterocycles. The van der Waals surface area contributed by atoms with E-state index in [9.17, 15) is 14.9 Å². The van der Waals surface area contributed by atoms with Crippen LogP contribution in [0.4, 0.5) is 5.69 Å². The van der Waals surface area contributed by atoms with E-state index < -0.39 is 4.92 Å². The lowest BCUT2D eigenvalue weighted by atomic mass is 10.1. The van der Waals surface area contributed by atoms with Gasteiger partial charge in [0.25, 0.3) is 5.69 Å². The number of carbonyl (C=O) groups is 1. The molecule has 0 aliphatic heterocycles. The maximum absolute atomic E-state index is 12.1. The number of nitro benzene ring substituents is 1. The number of hydrogen-bond donors (Lipinski definition) is 1. The Morgan fingerprint density at radius 1 is 1.18 bits per heavy atom. The average Bonchev–Trinajstić information content (AvgIpc) is 3.17. The van der Waals surface area contributed by atoms with E-state index in [1.807, 2.05) is 24.3 Å². The van der Waals surface area contributed by atoms with Gasteiger partial charge in [0.2, 0.25) is 5.91 Å². The molecule has 9 heteroatoms. The van der Waals surface area contributed by atoms with E-state index in [0.717, 1.165) is 11.3 Å². The number of non-ortho nitro benzene ring substituents is 1. The van der Waals surface area contributed by atoms with Gasteiger partial charge >= 0.3 is 0 Å². The molecule has 0 bridgehead atoms. The van der Waals surface area contributed by atoms with Crippen molar-refractivity contribution in [2.75, 3.05) is 13.7 Å². The van der Waals surface area contributed by atoms with E-state index in [0.29, 0.717) is 24.4 Å². The SMILES string of the molecule is COc1ccc(CCNC(=O)Cn2cnc(-c3ccc([N+](=O)[O-])cc3)n2)cc1. The number of rotatable bonds is 8. The molecule has 0 saturated heterocycles. The molecule has 0 fully saturated rings. The number of benzene rings is 2. The second kappa shape index (κ2) is 8.76. The van der Waals surface area contributed by atoms with Crippen molar-refractivity contribution >= 4 is 11.6 Å². The minimum absolute atomic E-state index is 0.000537. The zero-order valence-electron chi connectivity index (χ0n) is 15.2. The number of nitrogens with one attached hydrogen (secondary N) is 1. The van der Waals surface area contributed by atoms with Gasteiger partial charge < -0.3 is 10.1 Å². The first kappa shape index (κ1) is 19.0. The Bertz CT molecular complexity index is 951. The third-order valence-corrected chi connectivity index (χ3v) is 4.07. The minimum Gasteiger partial charge on any atom is -0.497 e. The molecule has 0 spiro atoms. The highest BCUT2D eigenvalue weighted by molar-refractivity contribution is 5.75. The van der Waals surface area contributed by atoms with E-state index in [1.165, 1.54) is 23.1 Å². The number of methoxy groups -OCH3 is 1. The molecule has 0 atom stereocenters. The summed E-state index contributed by atoms with van der Waals surface area (Å²) < 4.78 is 6.54. The molecule has 28 heavy (non-hydrogen) atoms. The molecule has 2 aromatic carbocycles. The third kappa shape index (κ3) is 4.91. The quantitative estimate of drug-likeness (QED) is 0.473. The highest BCUT2D eigenvalue weighted by atomic mass is 16.6. The summed E-state index contributed by atoms with van der Waals surface area (Å²) in [5, 5.41) is 17.8. The van der Waals surface area contributed by atoms with Gasteiger partial charge in [0.1, 0.15) is 18.6 Å². The van der Waals surface area contributed by atoms with Crippen LogP contribution in [0.25, 0.3) is 11.4 Å². The number of aromatic nitrogens is 3. The summed E-state index contributed by atoms with van der Waals surface area (Å²) in [6, 6.07) is 13.6. The molecule has 1 N–H and O–H groups in total. The molecule has 1 heterocycles. The van der Waals surface area contributed by atoms with Gasteiger partial charge in [-0.1, -0.05) is 12.1 Å². The summed E-state index contributed by atoms with van der Waals surface area (Å²) in [6.07, 6.45) is 2.17. The molecule has 144 valence electrons. The molecule has 9 nitrogen and oxygen atoms in total. The lowest BCUT2D eigenvalue weighted by Crippen LogP contribution is -2.29. The predicted octanol–water partition coefficient (Wildman–Crippen LogP) is 2.22. The van der Waals surface area contributed by atoms with Gasteiger partial charge in [-0.3, -0.25) is 14.9 Å². The van der Waals surface area contributed by atoms with Crippen molar-refractivity contribution in [1.82, 2.24) is 20.1 Å². The van der Waals surface area contributed by atoms with Crippen molar-refractivity contribution in [2.24, 2.45) is 0 Å². The molecule has 0 radical (unpaired) electrons. The van der Waals surface area contributed by atoms with Gasteiger partial charge in [0.05, 0.1) is 12.0 Å². The van der Waals surface area contributed by atoms with Crippen LogP contribution in [0.2, 0.25) is 0 Å². The highest BCUT2D eigenvalue weighted by Crippen LogP contribution is 2.18. The molecular formula is C19H19N5O4. The fourth-order valence-corrected chi connectivity index (χ4v) is 2.58. The Hall–Kier alpha value is -3.75. The topological polar surface area (TPSA) is 112 Å². The number of nitro groups is 1. The first-order valence-electron chi connectivity index (χ1n) is 8.59. The molecule has 0 unspecified atom stereocenters. The van der Waals surface area contributed by atoms with Crippen LogP contribution in [0.15, 0.2) is 54.9 Å². The molecule has 0 saturated carbocycles. The van der Waals surface area contributed by atoms with Crippen LogP contribution in [-0.4, -0.2) is 39.2 Å². The Morgan fingerprint density at radius 3 is 2.54 bits per heavy atom. The number of ether oxygens (including phenoxy) is 1. The molecule has 1 amide bonds. The second-order valence-electron chi connectivity index (χ2n) is 6.02. The molecule has 0 aliphatic carbocycles. The molecular weight excluding hydrogens is 362 g/mol. The summed E-state index contributed by atoms with van der Waals surface area (Å²) >= 11 is 0. The lowest BCUT2D eigenvalue weighted by molar-refractivity contribution is -0.384. The second-order valence-corrected chi connectivity index (χ2v) is 6.02. The number of carbonyl (C=O) groups excluding carboxylic acids is 1. The van der Waals surface area contributed by atoms with Crippen LogP contribution in [0.1, 0.15) is 5.56 Å². The van der Waals surface area contributed by atoms with Crippen LogP contribution < -0.4 is 10.1 Å². The van der Waals surface area contributed by atoms with E-state index >= 15 is 0 Å². The fourth-order valence-electron chi connectivity index (χ4n) is 2.58. The first-order valence-corrected chi connectivity index (χ1v) is 8.59. The molecule has 0 aliphatic rings. The van der Waals surface area contributed by atoms with Gasteiger partial charge in [-0.15, -0.1) is 0 Å². The Balaban J connectivity index is 1.49. The van der Waals surface area contributed by atoms with Gasteiger partial charge in [-0.2, -0.15) is 5.10 Å². The van der Waals surface area contributed by atoms with Crippen molar-refractivity contribution in [3.8, 4) is 17.1 Å². The van der Waals surface area contributed by atoms with Gasteiger partial charge in [0, 0.05) is 24.2 Å². The number of amides is 1. The van der Waals surface area contributed by atoms with Crippen LogP contribution in [0.3, 0.4) is 0 Å². The summed E-state index contributed by atoms with van der Waals surface area (Å²) in [4.78, 5) is 26.5. The van der Waals surface area contributed by atoms with Crippen LogP contribution in [0, 0.1) is 10.1 Å². The summed E-state index contributed by atoms with van der Waals surface area (Å²) in [5.41, 5.74) is 1.74. The fraction of sp³-hybridized carbons (Fsp3) is 0.211. The molecule has 3 aromatic rings. The number of hydrogen-bond acceptors (Lipinski definition) is 6. The largest absolute Gasteiger partial charge is 0.497 e. The van der Waals surface area contributed by atoms with Gasteiger partial charge in [-0.05, 0) is 36.2 Å². The van der Waals surface area contributed by atoms with E-state index in [2.05, 4.69) is 15.4 Å². The predicted molar refractivity (Wildman–Crippen MR) is 102 cm³/mol. The van der Waals surface area contributed by atoms with Crippen molar-refractivity contribution in [1.29, 1.82) is 0 Å². The Labute approximate surface area is 161 Å². The standard InChI is InChI=1S/C19H19N5O4/c1-28-17-8-2-14(3-9-17)10-11-20-18(25)12-23-13-21-19(22-23)15-4-6-16(7-5-15)24(26)27/h2-9,13H,10-12H2,1H3,(H,20,25). The Kier molecular flexibility index (Phi) is 5.95. The van der Waals surface area contributed by atoms with Crippen molar-refractivity contribution in [3.05, 3.63) is 70.5 Å². The minimum atomic E-state index is -0.466. The van der Waals surface area contributed by atoms with E-state index in [1.54, 1.807) is 19.2 Å². The zero-order valence-corrected chi connectivity index (χ0v) is 15.2. The normalized spacial score (nSPS) is 10.5. The average molecular weight is 381 g/mol. The van der Waals surface area contributed by atoms with Crippen LogP contribution >= 0.6 is 0 Å². The van der Waals surface area contributed by atoms with Crippen molar-refractivity contribution in [3.63, 3.8) is 0 Å². The monoisotopic (exact) mass is 381 g/mol. The van der Waals surface area contributed by atoms with E-state index in [-0.39, 0.29) is 18.1 Å². The molecule has 3 rings (SSSR count).